The lowest BCUT2D eigenvalue weighted by Crippen LogP contribution is -2.40. The second-order valence-corrected chi connectivity index (χ2v) is 7.15. The summed E-state index contributed by atoms with van der Waals surface area (Å²) in [6.07, 6.45) is 1.59. The predicted octanol–water partition coefficient (Wildman–Crippen LogP) is 3.51. The first-order valence-corrected chi connectivity index (χ1v) is 9.68. The Kier molecular flexibility index (Phi) is 5.58. The molecule has 2 heterocycles. The maximum atomic E-state index is 12.6. The van der Waals surface area contributed by atoms with Crippen molar-refractivity contribution in [3.8, 4) is 0 Å². The lowest BCUT2D eigenvalue weighted by atomic mass is 9.96. The highest BCUT2D eigenvalue weighted by Gasteiger charge is 2.27. The van der Waals surface area contributed by atoms with Crippen molar-refractivity contribution in [1.82, 2.24) is 10.3 Å². The first kappa shape index (κ1) is 18.5. The third-order valence-electron chi connectivity index (χ3n) is 5.29. The fourth-order valence-electron chi connectivity index (χ4n) is 3.68. The Morgan fingerprint density at radius 1 is 1.14 bits per heavy atom. The molecule has 0 saturated carbocycles. The van der Waals surface area contributed by atoms with Gasteiger partial charge in [0.05, 0.1) is 6.61 Å². The quantitative estimate of drug-likeness (QED) is 0.710. The molecule has 6 heteroatoms. The average Bonchev–Trinajstić information content (AvgIpc) is 3.17. The minimum Gasteiger partial charge on any atom is -0.423 e. The molecule has 2 aromatic carbocycles. The Hall–Kier alpha value is -2.86. The predicted molar refractivity (Wildman–Crippen MR) is 108 cm³/mol. The molecule has 0 radical (unpaired) electrons. The number of para-hydroxylation sites is 2. The number of nitrogens with one attached hydrogen (secondary N) is 1. The van der Waals surface area contributed by atoms with Crippen LogP contribution in [0.2, 0.25) is 0 Å². The number of fused-ring (bicyclic) bond motifs is 1. The van der Waals surface area contributed by atoms with E-state index >= 15 is 0 Å². The molecule has 0 atom stereocenters. The molecule has 1 aliphatic heterocycles. The van der Waals surface area contributed by atoms with Gasteiger partial charge in [-0.1, -0.05) is 36.4 Å². The molecule has 6 nitrogen and oxygen atoms in total. The van der Waals surface area contributed by atoms with Crippen LogP contribution in [0.3, 0.4) is 0 Å². The number of hydrogen-bond acceptors (Lipinski definition) is 5. The second kappa shape index (κ2) is 8.44. The van der Waals surface area contributed by atoms with Crippen LogP contribution in [0.25, 0.3) is 11.1 Å². The van der Waals surface area contributed by atoms with Crippen LogP contribution in [0, 0.1) is 5.92 Å². The third kappa shape index (κ3) is 4.02. The smallest absolute Gasteiger partial charge is 0.298 e. The lowest BCUT2D eigenvalue weighted by Gasteiger charge is -2.30. The zero-order valence-corrected chi connectivity index (χ0v) is 16.1. The number of amides is 1. The number of hydrogen-bond donors (Lipinski definition) is 1. The van der Waals surface area contributed by atoms with Gasteiger partial charge in [-0.2, -0.15) is 4.98 Å². The molecule has 0 spiro atoms. The average molecular weight is 379 g/mol. The second-order valence-electron chi connectivity index (χ2n) is 7.15. The number of oxazole rings is 1. The monoisotopic (exact) mass is 379 g/mol. The Labute approximate surface area is 164 Å². The molecular weight excluding hydrogens is 354 g/mol. The number of nitrogens with zero attached hydrogens (tertiary/aromatic N) is 2. The summed E-state index contributed by atoms with van der Waals surface area (Å²) in [5.41, 5.74) is 3.87. The van der Waals surface area contributed by atoms with Gasteiger partial charge in [0.25, 0.3) is 6.01 Å². The van der Waals surface area contributed by atoms with Crippen molar-refractivity contribution in [1.29, 1.82) is 0 Å². The van der Waals surface area contributed by atoms with E-state index in [-0.39, 0.29) is 11.8 Å². The fourth-order valence-corrected chi connectivity index (χ4v) is 3.68. The van der Waals surface area contributed by atoms with Crippen LogP contribution >= 0.6 is 0 Å². The largest absolute Gasteiger partial charge is 0.423 e. The van der Waals surface area contributed by atoms with Crippen LogP contribution in [-0.2, 0) is 22.7 Å². The van der Waals surface area contributed by atoms with Crippen LogP contribution in [0.5, 0.6) is 0 Å². The third-order valence-corrected chi connectivity index (χ3v) is 5.29. The van der Waals surface area contributed by atoms with Gasteiger partial charge in [-0.3, -0.25) is 4.79 Å². The van der Waals surface area contributed by atoms with Crippen LogP contribution in [-0.4, -0.2) is 31.1 Å². The molecule has 1 aliphatic rings. The summed E-state index contributed by atoms with van der Waals surface area (Å²) in [6.45, 7) is 2.62. The van der Waals surface area contributed by atoms with Crippen LogP contribution in [0.1, 0.15) is 24.0 Å². The molecule has 28 heavy (non-hydrogen) atoms. The van der Waals surface area contributed by atoms with Gasteiger partial charge in [0.15, 0.2) is 5.58 Å². The van der Waals surface area contributed by atoms with Gasteiger partial charge in [-0.25, -0.2) is 0 Å². The molecular formula is C22H25N3O3. The highest BCUT2D eigenvalue weighted by atomic mass is 16.5. The number of benzene rings is 2. The Morgan fingerprint density at radius 3 is 2.61 bits per heavy atom. The molecule has 1 aromatic heterocycles. The summed E-state index contributed by atoms with van der Waals surface area (Å²) in [5, 5.41) is 3.09. The Bertz CT molecular complexity index is 912. The number of piperidine rings is 1. The molecule has 0 aliphatic carbocycles. The van der Waals surface area contributed by atoms with Crippen LogP contribution < -0.4 is 10.2 Å². The van der Waals surface area contributed by atoms with E-state index in [0.717, 1.165) is 48.2 Å². The van der Waals surface area contributed by atoms with E-state index in [2.05, 4.69) is 15.2 Å². The highest BCUT2D eigenvalue weighted by molar-refractivity contribution is 5.79. The van der Waals surface area contributed by atoms with Gasteiger partial charge in [-0.05, 0) is 36.1 Å². The fraction of sp³-hybridized carbons (Fsp3) is 0.364. The summed E-state index contributed by atoms with van der Waals surface area (Å²) in [6, 6.07) is 16.5. The normalized spacial score (nSPS) is 15.1. The van der Waals surface area contributed by atoms with Crippen molar-refractivity contribution < 1.29 is 13.9 Å². The van der Waals surface area contributed by atoms with E-state index in [9.17, 15) is 4.79 Å². The minimum absolute atomic E-state index is 0.0233. The van der Waals surface area contributed by atoms with Crippen LogP contribution in [0.4, 0.5) is 6.01 Å². The molecule has 1 saturated heterocycles. The molecule has 0 unspecified atom stereocenters. The maximum Gasteiger partial charge on any atom is 0.298 e. The molecule has 4 rings (SSSR count). The molecule has 1 N–H and O–H groups in total. The number of rotatable bonds is 6. The number of aromatic nitrogens is 1. The first-order chi connectivity index (χ1) is 13.7. The van der Waals surface area contributed by atoms with Crippen molar-refractivity contribution in [3.05, 3.63) is 59.7 Å². The molecule has 1 fully saturated rings. The van der Waals surface area contributed by atoms with Gasteiger partial charge in [0, 0.05) is 32.7 Å². The molecule has 0 bridgehead atoms. The topological polar surface area (TPSA) is 67.6 Å². The number of carbonyl (C=O) groups is 1. The highest BCUT2D eigenvalue weighted by Crippen LogP contribution is 2.26. The van der Waals surface area contributed by atoms with E-state index in [0.29, 0.717) is 19.2 Å². The Morgan fingerprint density at radius 2 is 1.86 bits per heavy atom. The number of carbonyl (C=O) groups excluding carboxylic acids is 1. The summed E-state index contributed by atoms with van der Waals surface area (Å²) < 4.78 is 11.1. The van der Waals surface area contributed by atoms with Crippen molar-refractivity contribution in [3.63, 3.8) is 0 Å². The SMILES string of the molecule is COCc1ccccc1CNC(=O)C1CCN(c2nc3ccccc3o2)CC1. The van der Waals surface area contributed by atoms with Gasteiger partial charge in [0.1, 0.15) is 5.52 Å². The first-order valence-electron chi connectivity index (χ1n) is 9.68. The lowest BCUT2D eigenvalue weighted by molar-refractivity contribution is -0.125. The minimum atomic E-state index is 0.0233. The Balaban J connectivity index is 1.31. The molecule has 146 valence electrons. The van der Waals surface area contributed by atoms with Gasteiger partial charge in [0.2, 0.25) is 5.91 Å². The summed E-state index contributed by atoms with van der Waals surface area (Å²) >= 11 is 0. The van der Waals surface area contributed by atoms with Crippen molar-refractivity contribution in [2.45, 2.75) is 26.0 Å². The van der Waals surface area contributed by atoms with E-state index < -0.39 is 0 Å². The van der Waals surface area contributed by atoms with Crippen molar-refractivity contribution in [2.75, 3.05) is 25.1 Å². The van der Waals surface area contributed by atoms with Gasteiger partial charge < -0.3 is 19.4 Å². The zero-order valence-electron chi connectivity index (χ0n) is 16.1. The summed E-state index contributed by atoms with van der Waals surface area (Å²) in [5.74, 6) is 0.139. The van der Waals surface area contributed by atoms with E-state index in [1.165, 1.54) is 0 Å². The molecule has 1 amide bonds. The van der Waals surface area contributed by atoms with Crippen LogP contribution in [0.15, 0.2) is 52.9 Å². The number of anilines is 1. The van der Waals surface area contributed by atoms with E-state index in [1.54, 1.807) is 7.11 Å². The maximum absolute atomic E-state index is 12.6. The van der Waals surface area contributed by atoms with Gasteiger partial charge >= 0.3 is 0 Å². The molecule has 3 aromatic rings. The van der Waals surface area contributed by atoms with Gasteiger partial charge in [-0.15, -0.1) is 0 Å². The van der Waals surface area contributed by atoms with Crippen molar-refractivity contribution in [2.24, 2.45) is 5.92 Å². The van der Waals surface area contributed by atoms with Crippen molar-refractivity contribution >= 4 is 23.0 Å². The van der Waals surface area contributed by atoms with E-state index in [1.807, 2.05) is 48.5 Å². The zero-order chi connectivity index (χ0) is 19.3. The van der Waals surface area contributed by atoms with E-state index in [4.69, 9.17) is 9.15 Å². The summed E-state index contributed by atoms with van der Waals surface area (Å²) in [7, 11) is 1.68. The number of ether oxygens (including phenoxy) is 1. The summed E-state index contributed by atoms with van der Waals surface area (Å²) in [4.78, 5) is 19.3. The standard InChI is InChI=1S/C22H25N3O3/c1-27-15-18-7-3-2-6-17(18)14-23-21(26)16-10-12-25(13-11-16)22-24-19-8-4-5-9-20(19)28-22/h2-9,16H,10-15H2,1H3,(H,23,26). The number of methoxy groups -OCH3 is 1.